The molecule has 0 N–H and O–H groups in total. The third-order valence-corrected chi connectivity index (χ3v) is 12.1. The lowest BCUT2D eigenvalue weighted by Gasteiger charge is -2.43. The molecule has 1 aliphatic rings. The summed E-state index contributed by atoms with van der Waals surface area (Å²) in [5, 5.41) is 2.11. The van der Waals surface area contributed by atoms with Crippen molar-refractivity contribution in [2.75, 3.05) is 26.9 Å². The van der Waals surface area contributed by atoms with Gasteiger partial charge in [0.25, 0.3) is 20.1 Å². The predicted octanol–water partition coefficient (Wildman–Crippen LogP) is 3.81. The highest BCUT2D eigenvalue weighted by Gasteiger charge is 2.50. The molecule has 7 nitrogen and oxygen atoms in total. The number of methoxy groups -OCH3 is 1. The molecule has 0 bridgehead atoms. The van der Waals surface area contributed by atoms with Gasteiger partial charge in [0.2, 0.25) is 0 Å². The van der Waals surface area contributed by atoms with E-state index in [1.807, 2.05) is 36.4 Å². The van der Waals surface area contributed by atoms with Gasteiger partial charge in [-0.2, -0.15) is 0 Å². The zero-order valence-electron chi connectivity index (χ0n) is 22.9. The smallest absolute Gasteiger partial charge is 0.335 e. The summed E-state index contributed by atoms with van der Waals surface area (Å²) < 4.78 is 17.7. The van der Waals surface area contributed by atoms with E-state index in [4.69, 9.17) is 13.9 Å². The van der Waals surface area contributed by atoms with Gasteiger partial charge >= 0.3 is 5.97 Å². The molecule has 1 atom stereocenters. The van der Waals surface area contributed by atoms with Crippen molar-refractivity contribution in [2.45, 2.75) is 38.3 Å². The van der Waals surface area contributed by atoms with Gasteiger partial charge in [-0.1, -0.05) is 93.6 Å². The van der Waals surface area contributed by atoms with Crippen molar-refractivity contribution < 1.29 is 28.3 Å². The Labute approximate surface area is 230 Å². The first-order valence-electron chi connectivity index (χ1n) is 13.1. The number of ether oxygens (including phenoxy) is 2. The number of esters is 1. The Morgan fingerprint density at radius 2 is 1.28 bits per heavy atom. The molecule has 8 heteroatoms. The second kappa shape index (κ2) is 12.1. The van der Waals surface area contributed by atoms with Gasteiger partial charge in [-0.3, -0.25) is 14.5 Å². The number of hydrogen-bond acceptors (Lipinski definition) is 6. The van der Waals surface area contributed by atoms with Crippen LogP contribution in [0.2, 0.25) is 5.04 Å². The highest BCUT2D eigenvalue weighted by molar-refractivity contribution is 6.99. The minimum atomic E-state index is -2.74. The van der Waals surface area contributed by atoms with Gasteiger partial charge in [-0.25, -0.2) is 4.79 Å². The molecule has 0 aliphatic carbocycles. The van der Waals surface area contributed by atoms with Crippen LogP contribution in [0, 0.1) is 0 Å². The van der Waals surface area contributed by atoms with Crippen LogP contribution in [0.25, 0.3) is 0 Å². The second-order valence-corrected chi connectivity index (χ2v) is 14.8. The molecule has 0 spiro atoms. The lowest BCUT2D eigenvalue weighted by Crippen LogP contribution is -2.66. The Morgan fingerprint density at radius 3 is 1.74 bits per heavy atom. The molecule has 0 saturated carbocycles. The summed E-state index contributed by atoms with van der Waals surface area (Å²) in [5.74, 6) is -1.29. The zero-order chi connectivity index (χ0) is 28.0. The average molecular weight is 546 g/mol. The average Bonchev–Trinajstić information content (AvgIpc) is 3.19. The van der Waals surface area contributed by atoms with Crippen molar-refractivity contribution in [3.05, 3.63) is 96.1 Å². The van der Waals surface area contributed by atoms with Gasteiger partial charge in [0.05, 0.1) is 31.5 Å². The van der Waals surface area contributed by atoms with E-state index < -0.39 is 20.4 Å². The molecule has 0 saturated heterocycles. The van der Waals surface area contributed by atoms with E-state index in [1.54, 1.807) is 24.3 Å². The molecule has 4 rings (SSSR count). The van der Waals surface area contributed by atoms with Crippen LogP contribution in [-0.4, -0.2) is 64.0 Å². The summed E-state index contributed by atoms with van der Waals surface area (Å²) in [6.45, 7) is 7.03. The molecule has 3 aromatic rings. The molecule has 3 aromatic carbocycles. The molecule has 1 unspecified atom stereocenters. The molecule has 0 aromatic heterocycles. The lowest BCUT2D eigenvalue weighted by atomic mass is 10.1. The molecule has 39 heavy (non-hydrogen) atoms. The second-order valence-electron chi connectivity index (χ2n) is 10.5. The minimum absolute atomic E-state index is 0.0433. The predicted molar refractivity (Wildman–Crippen MR) is 152 cm³/mol. The Morgan fingerprint density at radius 1 is 0.795 bits per heavy atom. The number of carbonyl (C=O) groups is 3. The fourth-order valence-electron chi connectivity index (χ4n) is 5.24. The quantitative estimate of drug-likeness (QED) is 0.158. The van der Waals surface area contributed by atoms with Crippen molar-refractivity contribution in [2.24, 2.45) is 0 Å². The first-order chi connectivity index (χ1) is 18.7. The number of benzene rings is 3. The van der Waals surface area contributed by atoms with Gasteiger partial charge in [-0.15, -0.1) is 0 Å². The molecule has 1 heterocycles. The number of carbonyl (C=O) groups excluding carboxylic acids is 3. The number of rotatable bonds is 11. The van der Waals surface area contributed by atoms with Crippen LogP contribution < -0.4 is 10.4 Å². The van der Waals surface area contributed by atoms with E-state index in [-0.39, 0.29) is 43.0 Å². The Kier molecular flexibility index (Phi) is 8.79. The van der Waals surface area contributed by atoms with Crippen LogP contribution in [0.3, 0.4) is 0 Å². The molecule has 204 valence electrons. The molecule has 0 radical (unpaired) electrons. The maximum atomic E-state index is 12.7. The van der Waals surface area contributed by atoms with Crippen molar-refractivity contribution >= 4 is 36.5 Å². The fraction of sp³-hybridized carbons (Fsp3) is 0.323. The highest BCUT2D eigenvalue weighted by atomic mass is 28.4. The number of nitrogens with zero attached hydrogens (tertiary/aromatic N) is 1. The van der Waals surface area contributed by atoms with Gasteiger partial charge in [0.15, 0.2) is 6.10 Å². The van der Waals surface area contributed by atoms with E-state index in [0.29, 0.717) is 11.1 Å². The van der Waals surface area contributed by atoms with E-state index in [9.17, 15) is 14.4 Å². The molecule has 0 fully saturated rings. The van der Waals surface area contributed by atoms with Crippen LogP contribution in [0.5, 0.6) is 0 Å². The third-order valence-electron chi connectivity index (χ3n) is 7.09. The van der Waals surface area contributed by atoms with Crippen molar-refractivity contribution in [3.8, 4) is 0 Å². The highest BCUT2D eigenvalue weighted by Crippen LogP contribution is 2.36. The molecular weight excluding hydrogens is 510 g/mol. The molecule has 2 amide bonds. The summed E-state index contributed by atoms with van der Waals surface area (Å²) in [6.07, 6.45) is -0.820. The van der Waals surface area contributed by atoms with Crippen LogP contribution in [0.1, 0.15) is 47.9 Å². The standard InChI is InChI=1S/C31H35NO6Si/c1-31(2,3)39(23-13-7-5-8-14-23,24-15-9-6-10-16-24)38-22-21-37-27(30(35)36-4)19-20-32-28(33)25-17-11-12-18-26(25)29(32)34/h5-18,27H,19-22H2,1-4H3. The normalized spacial score (nSPS) is 14.3. The van der Waals surface area contributed by atoms with E-state index in [2.05, 4.69) is 45.0 Å². The first kappa shape index (κ1) is 28.4. The summed E-state index contributed by atoms with van der Waals surface area (Å²) in [7, 11) is -1.45. The monoisotopic (exact) mass is 545 g/mol. The van der Waals surface area contributed by atoms with Crippen molar-refractivity contribution in [3.63, 3.8) is 0 Å². The maximum absolute atomic E-state index is 12.7. The molecule has 1 aliphatic heterocycles. The molecular formula is C31H35NO6Si. The summed E-state index contributed by atoms with van der Waals surface area (Å²) in [6, 6.07) is 27.3. The Balaban J connectivity index is 1.46. The summed E-state index contributed by atoms with van der Waals surface area (Å²) >= 11 is 0. The lowest BCUT2D eigenvalue weighted by molar-refractivity contribution is -0.155. The summed E-state index contributed by atoms with van der Waals surface area (Å²) in [5.41, 5.74) is 0.744. The third kappa shape index (κ3) is 5.73. The summed E-state index contributed by atoms with van der Waals surface area (Å²) in [4.78, 5) is 39.1. The van der Waals surface area contributed by atoms with Gasteiger partial charge in [0.1, 0.15) is 0 Å². The Bertz CT molecular complexity index is 1230. The largest absolute Gasteiger partial charge is 0.467 e. The number of fused-ring (bicyclic) bond motifs is 1. The van der Waals surface area contributed by atoms with E-state index in [1.165, 1.54) is 7.11 Å². The van der Waals surface area contributed by atoms with Crippen LogP contribution in [0.4, 0.5) is 0 Å². The number of amides is 2. The van der Waals surface area contributed by atoms with Crippen LogP contribution >= 0.6 is 0 Å². The maximum Gasteiger partial charge on any atom is 0.335 e. The topological polar surface area (TPSA) is 82.1 Å². The van der Waals surface area contributed by atoms with E-state index >= 15 is 0 Å². The number of imide groups is 1. The van der Waals surface area contributed by atoms with Gasteiger partial charge in [-0.05, 0) is 27.5 Å². The van der Waals surface area contributed by atoms with Gasteiger partial charge < -0.3 is 13.9 Å². The minimum Gasteiger partial charge on any atom is -0.467 e. The number of hydrogen-bond donors (Lipinski definition) is 0. The zero-order valence-corrected chi connectivity index (χ0v) is 23.9. The van der Waals surface area contributed by atoms with Gasteiger partial charge in [0, 0.05) is 13.0 Å². The fourth-order valence-corrected chi connectivity index (χ4v) is 9.78. The Hall–Kier alpha value is -3.59. The van der Waals surface area contributed by atoms with Crippen LogP contribution in [0.15, 0.2) is 84.9 Å². The van der Waals surface area contributed by atoms with E-state index in [0.717, 1.165) is 15.3 Å². The van der Waals surface area contributed by atoms with Crippen molar-refractivity contribution in [1.29, 1.82) is 0 Å². The first-order valence-corrected chi connectivity index (χ1v) is 15.0. The SMILES string of the molecule is COC(=O)C(CCN1C(=O)c2ccccc2C1=O)OCCO[Si](c1ccccc1)(c1ccccc1)C(C)(C)C. The van der Waals surface area contributed by atoms with Crippen LogP contribution in [-0.2, 0) is 18.7 Å². The van der Waals surface area contributed by atoms with Crippen molar-refractivity contribution in [1.82, 2.24) is 4.90 Å².